The summed E-state index contributed by atoms with van der Waals surface area (Å²) in [5, 5.41) is 12.4. The second-order valence-corrected chi connectivity index (χ2v) is 2.86. The number of methoxy groups -OCH3 is 1. The maximum absolute atomic E-state index is 10.3. The Morgan fingerprint density at radius 2 is 2.21 bits per heavy atom. The molecule has 0 radical (unpaired) electrons. The summed E-state index contributed by atoms with van der Waals surface area (Å²) in [6.45, 7) is 3.66. The van der Waals surface area contributed by atoms with Gasteiger partial charge in [-0.3, -0.25) is 0 Å². The van der Waals surface area contributed by atoms with Crippen LogP contribution >= 0.6 is 0 Å². The molecule has 76 valence electrons. The Morgan fingerprint density at radius 3 is 2.71 bits per heavy atom. The minimum Gasteiger partial charge on any atom is -0.530 e. The Kier molecular flexibility index (Phi) is 2.91. The van der Waals surface area contributed by atoms with Crippen LogP contribution in [0.25, 0.3) is 0 Å². The number of aromatic nitrogens is 1. The number of carboxylic acid groups (broad SMARTS) is 1. The van der Waals surface area contributed by atoms with Crippen LogP contribution in [0.3, 0.4) is 0 Å². The molecule has 0 bridgehead atoms. The molecule has 5 nitrogen and oxygen atoms in total. The maximum Gasteiger partial charge on any atom is 0.237 e. The molecule has 0 unspecified atom stereocenters. The molecular formula is C9H11N2O3-. The summed E-state index contributed by atoms with van der Waals surface area (Å²) in [4.78, 5) is 14.4. The van der Waals surface area contributed by atoms with Crippen molar-refractivity contribution in [2.24, 2.45) is 0 Å². The molecule has 1 rings (SSSR count). The van der Waals surface area contributed by atoms with Crippen LogP contribution in [0.4, 0.5) is 10.5 Å². The zero-order chi connectivity index (χ0) is 10.7. The van der Waals surface area contributed by atoms with E-state index in [0.29, 0.717) is 5.69 Å². The van der Waals surface area contributed by atoms with E-state index in [1.54, 1.807) is 6.07 Å². The topological polar surface area (TPSA) is 74.3 Å². The predicted molar refractivity (Wildman–Crippen MR) is 49.3 cm³/mol. The Bertz CT molecular complexity index is 363. The van der Waals surface area contributed by atoms with Crippen molar-refractivity contribution < 1.29 is 14.6 Å². The van der Waals surface area contributed by atoms with Crippen molar-refractivity contribution in [2.75, 3.05) is 12.4 Å². The fourth-order valence-corrected chi connectivity index (χ4v) is 1.04. The van der Waals surface area contributed by atoms with Crippen molar-refractivity contribution in [1.29, 1.82) is 0 Å². The second kappa shape index (κ2) is 3.95. The number of pyridine rings is 1. The number of amides is 1. The van der Waals surface area contributed by atoms with E-state index in [2.05, 4.69) is 10.3 Å². The van der Waals surface area contributed by atoms with Gasteiger partial charge in [-0.25, -0.2) is 4.98 Å². The van der Waals surface area contributed by atoms with Crippen LogP contribution in [0, 0.1) is 13.8 Å². The molecule has 0 spiro atoms. The van der Waals surface area contributed by atoms with Gasteiger partial charge < -0.3 is 20.0 Å². The van der Waals surface area contributed by atoms with Crippen LogP contribution in [-0.2, 0) is 0 Å². The van der Waals surface area contributed by atoms with Crippen LogP contribution in [-0.4, -0.2) is 18.2 Å². The van der Waals surface area contributed by atoms with Gasteiger partial charge in [0.05, 0.1) is 7.11 Å². The molecule has 1 N–H and O–H groups in total. The van der Waals surface area contributed by atoms with Crippen molar-refractivity contribution in [1.82, 2.24) is 4.98 Å². The van der Waals surface area contributed by atoms with Crippen molar-refractivity contribution in [3.63, 3.8) is 0 Å². The molecule has 1 heterocycles. The van der Waals surface area contributed by atoms with E-state index in [-0.39, 0.29) is 5.88 Å². The van der Waals surface area contributed by atoms with Gasteiger partial charge >= 0.3 is 0 Å². The fraction of sp³-hybridized carbons (Fsp3) is 0.333. The van der Waals surface area contributed by atoms with Crippen LogP contribution < -0.4 is 15.2 Å². The number of anilines is 1. The average Bonchev–Trinajstić information content (AvgIpc) is 2.10. The molecule has 0 aromatic carbocycles. The number of ether oxygens (including phenoxy) is 1. The van der Waals surface area contributed by atoms with Gasteiger partial charge in [-0.05, 0) is 25.5 Å². The lowest BCUT2D eigenvalue weighted by atomic mass is 10.2. The predicted octanol–water partition coefficient (Wildman–Crippen LogP) is 0.462. The molecule has 0 aliphatic rings. The lowest BCUT2D eigenvalue weighted by Crippen LogP contribution is -2.29. The zero-order valence-corrected chi connectivity index (χ0v) is 8.25. The first-order chi connectivity index (χ1) is 6.54. The number of hydrogen-bond acceptors (Lipinski definition) is 4. The molecule has 1 amide bonds. The normalized spacial score (nSPS) is 9.64. The summed E-state index contributed by atoms with van der Waals surface area (Å²) in [7, 11) is 1.43. The summed E-state index contributed by atoms with van der Waals surface area (Å²) in [5.41, 5.74) is 1.98. The summed E-state index contributed by atoms with van der Waals surface area (Å²) in [6.07, 6.45) is -1.38. The third kappa shape index (κ3) is 2.12. The summed E-state index contributed by atoms with van der Waals surface area (Å²) in [5.74, 6) is 0.248. The molecule has 14 heavy (non-hydrogen) atoms. The van der Waals surface area contributed by atoms with Gasteiger partial charge in [-0.2, -0.15) is 0 Å². The van der Waals surface area contributed by atoms with Crippen LogP contribution in [0.15, 0.2) is 6.07 Å². The minimum atomic E-state index is -1.38. The van der Waals surface area contributed by atoms with E-state index >= 15 is 0 Å². The van der Waals surface area contributed by atoms with Gasteiger partial charge in [0.25, 0.3) is 0 Å². The minimum absolute atomic E-state index is 0.248. The molecule has 0 aliphatic heterocycles. The first-order valence-corrected chi connectivity index (χ1v) is 4.05. The Labute approximate surface area is 81.7 Å². The third-order valence-electron chi connectivity index (χ3n) is 1.86. The molecule has 0 aliphatic carbocycles. The van der Waals surface area contributed by atoms with Crippen molar-refractivity contribution in [3.05, 3.63) is 17.3 Å². The van der Waals surface area contributed by atoms with E-state index < -0.39 is 6.09 Å². The number of carbonyl (C=O) groups excluding carboxylic acids is 1. The molecule has 1 aromatic rings. The zero-order valence-electron chi connectivity index (χ0n) is 8.25. The van der Waals surface area contributed by atoms with Crippen LogP contribution in [0.5, 0.6) is 5.88 Å². The standard InChI is InChI=1S/C9H12N2O3/c1-5-4-7(11-9(12)13)8(14-3)10-6(5)2/h4,11H,1-3H3,(H,12,13)/p-1. The molecule has 5 heteroatoms. The largest absolute Gasteiger partial charge is 0.530 e. The van der Waals surface area contributed by atoms with Crippen molar-refractivity contribution in [3.8, 4) is 5.88 Å². The summed E-state index contributed by atoms with van der Waals surface area (Å²) < 4.78 is 4.92. The highest BCUT2D eigenvalue weighted by Crippen LogP contribution is 2.23. The number of aryl methyl sites for hydroxylation is 2. The van der Waals surface area contributed by atoms with E-state index in [0.717, 1.165) is 11.3 Å². The Morgan fingerprint density at radius 1 is 1.57 bits per heavy atom. The van der Waals surface area contributed by atoms with Crippen molar-refractivity contribution in [2.45, 2.75) is 13.8 Å². The van der Waals surface area contributed by atoms with Gasteiger partial charge in [0.2, 0.25) is 5.88 Å². The number of carbonyl (C=O) groups is 1. The number of nitrogens with zero attached hydrogens (tertiary/aromatic N) is 1. The molecular weight excluding hydrogens is 184 g/mol. The average molecular weight is 195 g/mol. The smallest absolute Gasteiger partial charge is 0.237 e. The first-order valence-electron chi connectivity index (χ1n) is 4.05. The molecule has 1 aromatic heterocycles. The molecule has 0 atom stereocenters. The Hall–Kier alpha value is -1.78. The maximum atomic E-state index is 10.3. The van der Waals surface area contributed by atoms with Crippen LogP contribution in [0.2, 0.25) is 0 Å². The fourth-order valence-electron chi connectivity index (χ4n) is 1.04. The SMILES string of the molecule is COc1nc(C)c(C)cc1NC(=O)[O-]. The lowest BCUT2D eigenvalue weighted by Gasteiger charge is -2.12. The third-order valence-corrected chi connectivity index (χ3v) is 1.86. The molecule has 0 saturated heterocycles. The highest BCUT2D eigenvalue weighted by molar-refractivity contribution is 5.83. The Balaban J connectivity index is 3.13. The molecule has 0 fully saturated rings. The van der Waals surface area contributed by atoms with Gasteiger partial charge in [0.15, 0.2) is 0 Å². The van der Waals surface area contributed by atoms with E-state index in [1.807, 2.05) is 13.8 Å². The number of hydrogen-bond donors (Lipinski definition) is 1. The summed E-state index contributed by atoms with van der Waals surface area (Å²) in [6, 6.07) is 1.65. The highest BCUT2D eigenvalue weighted by Gasteiger charge is 2.06. The van der Waals surface area contributed by atoms with Gasteiger partial charge in [-0.1, -0.05) is 0 Å². The number of rotatable bonds is 2. The van der Waals surface area contributed by atoms with Crippen molar-refractivity contribution >= 4 is 11.8 Å². The van der Waals surface area contributed by atoms with E-state index in [9.17, 15) is 9.90 Å². The highest BCUT2D eigenvalue weighted by atomic mass is 16.5. The quantitative estimate of drug-likeness (QED) is 0.744. The molecule has 0 saturated carbocycles. The van der Waals surface area contributed by atoms with Gasteiger partial charge in [0, 0.05) is 5.69 Å². The first kappa shape index (κ1) is 10.3. The van der Waals surface area contributed by atoms with Gasteiger partial charge in [0.1, 0.15) is 11.8 Å². The summed E-state index contributed by atoms with van der Waals surface area (Å²) >= 11 is 0. The van der Waals surface area contributed by atoms with Gasteiger partial charge in [-0.15, -0.1) is 0 Å². The second-order valence-electron chi connectivity index (χ2n) is 2.86. The van der Waals surface area contributed by atoms with E-state index in [4.69, 9.17) is 4.74 Å². The monoisotopic (exact) mass is 195 g/mol. The lowest BCUT2D eigenvalue weighted by molar-refractivity contribution is -0.242. The van der Waals surface area contributed by atoms with E-state index in [1.165, 1.54) is 7.11 Å². The number of nitrogens with one attached hydrogen (secondary N) is 1. The van der Waals surface area contributed by atoms with Crippen LogP contribution in [0.1, 0.15) is 11.3 Å².